The maximum absolute atomic E-state index is 13.4. The van der Waals surface area contributed by atoms with Gasteiger partial charge in [-0.3, -0.25) is 0 Å². The standard InChI is InChI=1S/C23H19FN4O3/c1-14-5-10-20(31-2)19(12-14)28-21(26-22-17(23(29)30)4-3-11-25-22)13-18(27-28)15-6-8-16(24)9-7-15/h3-13H,1-2H3,(H,25,26)(H,29,30). The Morgan fingerprint density at radius 2 is 1.90 bits per heavy atom. The zero-order valence-electron chi connectivity index (χ0n) is 16.8. The third-order valence-corrected chi connectivity index (χ3v) is 4.70. The Bertz CT molecular complexity index is 1250. The van der Waals surface area contributed by atoms with E-state index in [1.807, 2.05) is 25.1 Å². The van der Waals surface area contributed by atoms with Gasteiger partial charge in [-0.15, -0.1) is 0 Å². The van der Waals surface area contributed by atoms with Crippen LogP contribution in [0.5, 0.6) is 5.75 Å². The molecule has 0 aliphatic carbocycles. The number of rotatable bonds is 6. The summed E-state index contributed by atoms with van der Waals surface area (Å²) in [6, 6.07) is 16.4. The zero-order valence-corrected chi connectivity index (χ0v) is 16.8. The fourth-order valence-corrected chi connectivity index (χ4v) is 3.18. The molecule has 0 bridgehead atoms. The van der Waals surface area contributed by atoms with Crippen molar-refractivity contribution in [2.75, 3.05) is 12.4 Å². The molecule has 4 aromatic rings. The van der Waals surface area contributed by atoms with Gasteiger partial charge in [-0.05, 0) is 61.0 Å². The molecule has 2 aromatic heterocycles. The number of nitrogens with one attached hydrogen (secondary N) is 1. The highest BCUT2D eigenvalue weighted by Gasteiger charge is 2.18. The Labute approximate surface area is 177 Å². The van der Waals surface area contributed by atoms with Crippen LogP contribution in [0.2, 0.25) is 0 Å². The van der Waals surface area contributed by atoms with Crippen molar-refractivity contribution in [1.29, 1.82) is 0 Å². The second kappa shape index (κ2) is 8.27. The molecule has 7 nitrogen and oxygen atoms in total. The predicted molar refractivity (Wildman–Crippen MR) is 115 cm³/mol. The smallest absolute Gasteiger partial charge is 0.339 e. The molecule has 4 rings (SSSR count). The number of aromatic nitrogens is 3. The first-order valence-corrected chi connectivity index (χ1v) is 9.42. The van der Waals surface area contributed by atoms with E-state index in [9.17, 15) is 14.3 Å². The average Bonchev–Trinajstić information content (AvgIpc) is 3.18. The number of hydrogen-bond donors (Lipinski definition) is 2. The number of hydrogen-bond acceptors (Lipinski definition) is 5. The normalized spacial score (nSPS) is 10.7. The molecule has 2 N–H and O–H groups in total. The van der Waals surface area contributed by atoms with E-state index in [4.69, 9.17) is 4.74 Å². The molecule has 0 aliphatic heterocycles. The van der Waals surface area contributed by atoms with E-state index in [1.54, 1.807) is 36.1 Å². The lowest BCUT2D eigenvalue weighted by Crippen LogP contribution is -2.09. The molecule has 0 unspecified atom stereocenters. The van der Waals surface area contributed by atoms with Crippen LogP contribution >= 0.6 is 0 Å². The van der Waals surface area contributed by atoms with Gasteiger partial charge in [0.15, 0.2) is 0 Å². The number of pyridine rings is 1. The van der Waals surface area contributed by atoms with Crippen molar-refractivity contribution in [2.45, 2.75) is 6.92 Å². The van der Waals surface area contributed by atoms with Crippen LogP contribution in [0, 0.1) is 12.7 Å². The van der Waals surface area contributed by atoms with E-state index in [-0.39, 0.29) is 17.2 Å². The Hall–Kier alpha value is -4.20. The molecular weight excluding hydrogens is 399 g/mol. The minimum absolute atomic E-state index is 0.0230. The number of anilines is 2. The summed E-state index contributed by atoms with van der Waals surface area (Å²) >= 11 is 0. The molecule has 0 saturated heterocycles. The van der Waals surface area contributed by atoms with Gasteiger partial charge in [0.2, 0.25) is 0 Å². The van der Waals surface area contributed by atoms with Crippen LogP contribution in [0.1, 0.15) is 15.9 Å². The SMILES string of the molecule is COc1ccc(C)cc1-n1nc(-c2ccc(F)cc2)cc1Nc1ncccc1C(=O)O. The van der Waals surface area contributed by atoms with E-state index >= 15 is 0 Å². The van der Waals surface area contributed by atoms with Gasteiger partial charge in [0, 0.05) is 17.8 Å². The lowest BCUT2D eigenvalue weighted by atomic mass is 10.1. The molecule has 31 heavy (non-hydrogen) atoms. The maximum Gasteiger partial charge on any atom is 0.339 e. The van der Waals surface area contributed by atoms with E-state index < -0.39 is 5.97 Å². The Balaban J connectivity index is 1.88. The minimum Gasteiger partial charge on any atom is -0.494 e. The largest absolute Gasteiger partial charge is 0.494 e. The van der Waals surface area contributed by atoms with Crippen LogP contribution in [0.4, 0.5) is 16.0 Å². The third-order valence-electron chi connectivity index (χ3n) is 4.70. The molecular formula is C23H19FN4O3. The number of carbonyl (C=O) groups is 1. The van der Waals surface area contributed by atoms with Crippen LogP contribution < -0.4 is 10.1 Å². The summed E-state index contributed by atoms with van der Waals surface area (Å²) in [6.07, 6.45) is 1.50. The molecule has 0 saturated carbocycles. The van der Waals surface area contributed by atoms with Gasteiger partial charge in [-0.1, -0.05) is 6.07 Å². The molecule has 2 heterocycles. The van der Waals surface area contributed by atoms with Crippen LogP contribution in [0.15, 0.2) is 66.9 Å². The Morgan fingerprint density at radius 3 is 2.61 bits per heavy atom. The molecule has 8 heteroatoms. The van der Waals surface area contributed by atoms with Crippen molar-refractivity contribution in [1.82, 2.24) is 14.8 Å². The highest BCUT2D eigenvalue weighted by atomic mass is 19.1. The van der Waals surface area contributed by atoms with Gasteiger partial charge in [0.1, 0.15) is 34.5 Å². The van der Waals surface area contributed by atoms with Crippen molar-refractivity contribution in [2.24, 2.45) is 0 Å². The fraction of sp³-hybridized carbons (Fsp3) is 0.0870. The molecule has 0 amide bonds. The van der Waals surface area contributed by atoms with Crippen molar-refractivity contribution in [3.8, 4) is 22.7 Å². The quantitative estimate of drug-likeness (QED) is 0.466. The van der Waals surface area contributed by atoms with Gasteiger partial charge in [0.25, 0.3) is 0 Å². The molecule has 0 radical (unpaired) electrons. The summed E-state index contributed by atoms with van der Waals surface area (Å²) in [7, 11) is 1.56. The molecule has 0 aliphatic rings. The summed E-state index contributed by atoms with van der Waals surface area (Å²) in [5.74, 6) is -0.213. The zero-order chi connectivity index (χ0) is 22.0. The number of carboxylic acid groups (broad SMARTS) is 1. The van der Waals surface area contributed by atoms with E-state index in [0.29, 0.717) is 28.5 Å². The predicted octanol–water partition coefficient (Wildman–Crippen LogP) is 4.83. The van der Waals surface area contributed by atoms with Crippen molar-refractivity contribution in [3.05, 3.63) is 83.8 Å². The number of carboxylic acids is 1. The van der Waals surface area contributed by atoms with Gasteiger partial charge in [0.05, 0.1) is 12.8 Å². The van der Waals surface area contributed by atoms with Crippen LogP contribution in [-0.4, -0.2) is 33.0 Å². The topological polar surface area (TPSA) is 89.3 Å². The van der Waals surface area contributed by atoms with E-state index in [0.717, 1.165) is 5.56 Å². The van der Waals surface area contributed by atoms with Gasteiger partial charge < -0.3 is 15.2 Å². The summed E-state index contributed by atoms with van der Waals surface area (Å²) < 4.78 is 20.5. The summed E-state index contributed by atoms with van der Waals surface area (Å²) in [6.45, 7) is 1.95. The molecule has 0 atom stereocenters. The number of nitrogens with zero attached hydrogens (tertiary/aromatic N) is 3. The average molecular weight is 418 g/mol. The molecule has 0 fully saturated rings. The summed E-state index contributed by atoms with van der Waals surface area (Å²) in [4.78, 5) is 15.8. The van der Waals surface area contributed by atoms with Gasteiger partial charge in [-0.25, -0.2) is 18.9 Å². The second-order valence-electron chi connectivity index (χ2n) is 6.84. The molecule has 0 spiro atoms. The van der Waals surface area contributed by atoms with Crippen molar-refractivity contribution in [3.63, 3.8) is 0 Å². The minimum atomic E-state index is -1.10. The van der Waals surface area contributed by atoms with Crippen LogP contribution in [-0.2, 0) is 0 Å². The van der Waals surface area contributed by atoms with Crippen LogP contribution in [0.25, 0.3) is 16.9 Å². The Morgan fingerprint density at radius 1 is 1.13 bits per heavy atom. The van der Waals surface area contributed by atoms with Gasteiger partial charge in [-0.2, -0.15) is 5.10 Å². The molecule has 2 aromatic carbocycles. The van der Waals surface area contributed by atoms with Crippen molar-refractivity contribution >= 4 is 17.6 Å². The number of halogens is 1. The number of aromatic carboxylic acids is 1. The maximum atomic E-state index is 13.4. The number of benzene rings is 2. The monoisotopic (exact) mass is 418 g/mol. The third kappa shape index (κ3) is 4.09. The first-order chi connectivity index (χ1) is 15.0. The number of ether oxygens (including phenoxy) is 1. The number of aryl methyl sites for hydroxylation is 1. The lowest BCUT2D eigenvalue weighted by molar-refractivity contribution is 0.0697. The first kappa shape index (κ1) is 20.1. The van der Waals surface area contributed by atoms with Crippen LogP contribution in [0.3, 0.4) is 0 Å². The lowest BCUT2D eigenvalue weighted by Gasteiger charge is -2.14. The summed E-state index contributed by atoms with van der Waals surface area (Å²) in [5, 5.41) is 17.2. The summed E-state index contributed by atoms with van der Waals surface area (Å²) in [5.41, 5.74) is 2.94. The highest BCUT2D eigenvalue weighted by Crippen LogP contribution is 2.32. The van der Waals surface area contributed by atoms with Gasteiger partial charge >= 0.3 is 5.97 Å². The van der Waals surface area contributed by atoms with Crippen molar-refractivity contribution < 1.29 is 19.0 Å². The number of methoxy groups -OCH3 is 1. The first-order valence-electron chi connectivity index (χ1n) is 9.42. The molecule has 156 valence electrons. The second-order valence-corrected chi connectivity index (χ2v) is 6.84. The Kier molecular flexibility index (Phi) is 5.36. The van der Waals surface area contributed by atoms with E-state index in [1.165, 1.54) is 24.4 Å². The fourth-order valence-electron chi connectivity index (χ4n) is 3.18. The highest BCUT2D eigenvalue weighted by molar-refractivity contribution is 5.93. The van der Waals surface area contributed by atoms with E-state index in [2.05, 4.69) is 15.4 Å².